The van der Waals surface area contributed by atoms with Gasteiger partial charge in [-0.3, -0.25) is 0 Å². The molecule has 0 spiro atoms. The van der Waals surface area contributed by atoms with Crippen LogP contribution in [-0.4, -0.2) is 20.1 Å². The molecule has 0 bridgehead atoms. The molecular weight excluding hydrogens is 246 g/mol. The zero-order valence-corrected chi connectivity index (χ0v) is 11.0. The van der Waals surface area contributed by atoms with E-state index >= 15 is 0 Å². The van der Waals surface area contributed by atoms with Crippen LogP contribution < -0.4 is 0 Å². The maximum Gasteiger partial charge on any atom is 0.178 e. The Kier molecular flexibility index (Phi) is 2.46. The van der Waals surface area contributed by atoms with E-state index in [1.807, 2.05) is 24.3 Å². The number of nitrogens with one attached hydrogen (secondary N) is 1. The summed E-state index contributed by atoms with van der Waals surface area (Å²) in [6.07, 6.45) is 1.73. The molecule has 0 radical (unpaired) electrons. The van der Waals surface area contributed by atoms with Crippen molar-refractivity contribution in [2.45, 2.75) is 19.4 Å². The van der Waals surface area contributed by atoms with E-state index in [1.165, 1.54) is 11.3 Å². The summed E-state index contributed by atoms with van der Waals surface area (Å²) in [4.78, 5) is 13.8. The number of aromatic amines is 1. The molecule has 4 nitrogen and oxygen atoms in total. The first kappa shape index (κ1) is 11.4. The lowest BCUT2D eigenvalue weighted by Gasteiger charge is -2.13. The predicted octanol–water partition coefficient (Wildman–Crippen LogP) is 2.91. The molecule has 0 saturated heterocycles. The number of thiophene rings is 1. The van der Waals surface area contributed by atoms with Gasteiger partial charge in [0, 0.05) is 11.1 Å². The van der Waals surface area contributed by atoms with E-state index in [0.29, 0.717) is 5.65 Å². The van der Waals surface area contributed by atoms with Gasteiger partial charge in [-0.05, 0) is 38.1 Å². The fraction of sp³-hybridized carbons (Fsp3) is 0.231. The second-order valence-corrected chi connectivity index (χ2v) is 5.77. The van der Waals surface area contributed by atoms with Gasteiger partial charge in [-0.1, -0.05) is 0 Å². The molecule has 3 aromatic rings. The number of aliphatic hydroxyl groups is 1. The largest absolute Gasteiger partial charge is 0.385 e. The smallest absolute Gasteiger partial charge is 0.178 e. The highest BCUT2D eigenvalue weighted by Gasteiger charge is 2.19. The highest BCUT2D eigenvalue weighted by molar-refractivity contribution is 7.15. The molecule has 3 aromatic heterocycles. The van der Waals surface area contributed by atoms with Gasteiger partial charge in [0.1, 0.15) is 0 Å². The normalized spacial score (nSPS) is 12.2. The minimum absolute atomic E-state index is 0.714. The summed E-state index contributed by atoms with van der Waals surface area (Å²) < 4.78 is 0. The Balaban J connectivity index is 2.06. The number of nitrogens with zero attached hydrogens (tertiary/aromatic N) is 2. The molecule has 2 N–H and O–H groups in total. The third-order valence-electron chi connectivity index (χ3n) is 2.70. The van der Waals surface area contributed by atoms with Crippen LogP contribution in [0.5, 0.6) is 0 Å². The Labute approximate surface area is 108 Å². The van der Waals surface area contributed by atoms with Crippen LogP contribution in [0.3, 0.4) is 0 Å². The molecule has 18 heavy (non-hydrogen) atoms. The van der Waals surface area contributed by atoms with Gasteiger partial charge >= 0.3 is 0 Å². The van der Waals surface area contributed by atoms with Crippen LogP contribution in [0.1, 0.15) is 18.7 Å². The van der Waals surface area contributed by atoms with Crippen LogP contribution in [-0.2, 0) is 5.60 Å². The SMILES string of the molecule is CC(C)(O)c1ccc(-c2nc3ncccc3[nH]2)s1. The maximum absolute atomic E-state index is 9.96. The molecule has 3 rings (SSSR count). The summed E-state index contributed by atoms with van der Waals surface area (Å²) in [6.45, 7) is 3.56. The molecule has 0 aliphatic carbocycles. The van der Waals surface area contributed by atoms with Crippen molar-refractivity contribution in [2.24, 2.45) is 0 Å². The molecule has 0 aliphatic heterocycles. The van der Waals surface area contributed by atoms with Crippen LogP contribution in [0.25, 0.3) is 21.9 Å². The first-order valence-corrected chi connectivity index (χ1v) is 6.49. The highest BCUT2D eigenvalue weighted by Crippen LogP contribution is 2.33. The number of imidazole rings is 1. The van der Waals surface area contributed by atoms with Gasteiger partial charge in [0.05, 0.1) is 16.0 Å². The first-order chi connectivity index (χ1) is 8.54. The van der Waals surface area contributed by atoms with Crippen molar-refractivity contribution >= 4 is 22.5 Å². The number of fused-ring (bicyclic) bond motifs is 1. The van der Waals surface area contributed by atoms with Gasteiger partial charge in [-0.2, -0.15) is 0 Å². The van der Waals surface area contributed by atoms with E-state index in [2.05, 4.69) is 15.0 Å². The monoisotopic (exact) mass is 259 g/mol. The van der Waals surface area contributed by atoms with Gasteiger partial charge in [0.25, 0.3) is 0 Å². The summed E-state index contributed by atoms with van der Waals surface area (Å²) >= 11 is 1.54. The number of rotatable bonds is 2. The van der Waals surface area contributed by atoms with Gasteiger partial charge < -0.3 is 10.1 Å². The van der Waals surface area contributed by atoms with Crippen molar-refractivity contribution in [3.63, 3.8) is 0 Å². The highest BCUT2D eigenvalue weighted by atomic mass is 32.1. The van der Waals surface area contributed by atoms with E-state index < -0.39 is 5.60 Å². The van der Waals surface area contributed by atoms with Crippen LogP contribution >= 0.6 is 11.3 Å². The third-order valence-corrected chi connectivity index (χ3v) is 4.10. The van der Waals surface area contributed by atoms with Crippen molar-refractivity contribution < 1.29 is 5.11 Å². The van der Waals surface area contributed by atoms with E-state index in [0.717, 1.165) is 21.1 Å². The minimum Gasteiger partial charge on any atom is -0.385 e. The average Bonchev–Trinajstić information content (AvgIpc) is 2.94. The molecule has 0 saturated carbocycles. The number of H-pyrrole nitrogens is 1. The molecule has 5 heteroatoms. The molecule has 0 atom stereocenters. The summed E-state index contributed by atoms with van der Waals surface area (Å²) in [7, 11) is 0. The fourth-order valence-electron chi connectivity index (χ4n) is 1.76. The molecule has 92 valence electrons. The maximum atomic E-state index is 9.96. The molecule has 0 aliphatic rings. The summed E-state index contributed by atoms with van der Waals surface area (Å²) in [6, 6.07) is 7.72. The number of pyridine rings is 1. The van der Waals surface area contributed by atoms with Crippen LogP contribution in [0, 0.1) is 0 Å². The van der Waals surface area contributed by atoms with E-state index in [9.17, 15) is 5.11 Å². The van der Waals surface area contributed by atoms with E-state index in [4.69, 9.17) is 0 Å². The Morgan fingerprint density at radius 1 is 1.28 bits per heavy atom. The Bertz CT molecular complexity index is 660. The van der Waals surface area contributed by atoms with Crippen LogP contribution in [0.4, 0.5) is 0 Å². The quantitative estimate of drug-likeness (QED) is 0.744. The molecule has 0 fully saturated rings. The zero-order chi connectivity index (χ0) is 12.8. The van der Waals surface area contributed by atoms with E-state index in [1.54, 1.807) is 20.0 Å². The lowest BCUT2D eigenvalue weighted by atomic mass is 10.1. The number of aromatic nitrogens is 3. The van der Waals surface area contributed by atoms with Crippen LogP contribution in [0.15, 0.2) is 30.5 Å². The lowest BCUT2D eigenvalue weighted by molar-refractivity contribution is 0.0826. The van der Waals surface area contributed by atoms with Crippen molar-refractivity contribution in [3.8, 4) is 10.7 Å². The van der Waals surface area contributed by atoms with Gasteiger partial charge in [-0.15, -0.1) is 11.3 Å². The second-order valence-electron chi connectivity index (χ2n) is 4.68. The fourth-order valence-corrected chi connectivity index (χ4v) is 2.71. The van der Waals surface area contributed by atoms with Gasteiger partial charge in [0.15, 0.2) is 11.5 Å². The van der Waals surface area contributed by atoms with Crippen molar-refractivity contribution in [3.05, 3.63) is 35.3 Å². The van der Waals surface area contributed by atoms with Crippen molar-refractivity contribution in [1.29, 1.82) is 0 Å². The van der Waals surface area contributed by atoms with Crippen LogP contribution in [0.2, 0.25) is 0 Å². The van der Waals surface area contributed by atoms with Crippen molar-refractivity contribution in [1.82, 2.24) is 15.0 Å². The standard InChI is InChI=1S/C13H13N3OS/c1-13(2,17)10-6-5-9(18-10)12-15-8-4-3-7-14-11(8)16-12/h3-7,17H,1-2H3,(H,14,15,16). The molecular formula is C13H13N3OS. The topological polar surface area (TPSA) is 61.8 Å². The zero-order valence-electron chi connectivity index (χ0n) is 10.1. The Hall–Kier alpha value is -1.72. The minimum atomic E-state index is -0.812. The third kappa shape index (κ3) is 1.91. The first-order valence-electron chi connectivity index (χ1n) is 5.68. The summed E-state index contributed by atoms with van der Waals surface area (Å²) in [5, 5.41) is 9.96. The molecule has 3 heterocycles. The lowest BCUT2D eigenvalue weighted by Crippen LogP contribution is -2.12. The second kappa shape index (κ2) is 3.90. The Morgan fingerprint density at radius 2 is 2.11 bits per heavy atom. The number of hydrogen-bond donors (Lipinski definition) is 2. The van der Waals surface area contributed by atoms with Crippen molar-refractivity contribution in [2.75, 3.05) is 0 Å². The summed E-state index contributed by atoms with van der Waals surface area (Å²) in [5.74, 6) is 0.796. The molecule has 0 aromatic carbocycles. The Morgan fingerprint density at radius 3 is 2.78 bits per heavy atom. The van der Waals surface area contributed by atoms with Gasteiger partial charge in [-0.25, -0.2) is 9.97 Å². The average molecular weight is 259 g/mol. The summed E-state index contributed by atoms with van der Waals surface area (Å²) in [5.41, 5.74) is 0.823. The van der Waals surface area contributed by atoms with E-state index in [-0.39, 0.29) is 0 Å². The molecule has 0 unspecified atom stereocenters. The molecule has 0 amide bonds. The van der Waals surface area contributed by atoms with Gasteiger partial charge in [0.2, 0.25) is 0 Å². The predicted molar refractivity (Wildman–Crippen MR) is 72.4 cm³/mol. The number of hydrogen-bond acceptors (Lipinski definition) is 4.